The summed E-state index contributed by atoms with van der Waals surface area (Å²) in [4.78, 5) is 25.6. The lowest BCUT2D eigenvalue weighted by molar-refractivity contribution is -0.142. The fraction of sp³-hybridized carbons (Fsp3) is 0.867. The van der Waals surface area contributed by atoms with Crippen molar-refractivity contribution in [2.75, 3.05) is 13.1 Å². The Bertz CT molecular complexity index is 351. The van der Waals surface area contributed by atoms with E-state index >= 15 is 0 Å². The summed E-state index contributed by atoms with van der Waals surface area (Å²) in [5.74, 6) is 0.852. The van der Waals surface area contributed by atoms with Gasteiger partial charge in [0, 0.05) is 13.0 Å². The topological polar surface area (TPSA) is 89.4 Å². The summed E-state index contributed by atoms with van der Waals surface area (Å²) in [7, 11) is 0. The van der Waals surface area contributed by atoms with Crippen molar-refractivity contribution in [3.63, 3.8) is 0 Å². The Labute approximate surface area is 121 Å². The quantitative estimate of drug-likeness (QED) is 0.806. The summed E-state index contributed by atoms with van der Waals surface area (Å²) in [5.41, 5.74) is 11.1. The van der Waals surface area contributed by atoms with Crippen LogP contribution in [0, 0.1) is 11.8 Å². The normalized spacial score (nSPS) is 31.1. The van der Waals surface area contributed by atoms with E-state index < -0.39 is 0 Å². The second-order valence-corrected chi connectivity index (χ2v) is 6.33. The molecule has 0 bridgehead atoms. The molecule has 2 fully saturated rings. The van der Waals surface area contributed by atoms with Gasteiger partial charge in [-0.2, -0.15) is 0 Å². The molecular formula is C15H27N3O2. The third-order valence-corrected chi connectivity index (χ3v) is 4.91. The van der Waals surface area contributed by atoms with Gasteiger partial charge >= 0.3 is 0 Å². The Kier molecular flexibility index (Phi) is 5.40. The number of primary amides is 1. The monoisotopic (exact) mass is 281 g/mol. The molecule has 5 heteroatoms. The molecule has 0 radical (unpaired) electrons. The Morgan fingerprint density at radius 2 is 1.65 bits per heavy atom. The van der Waals surface area contributed by atoms with E-state index in [0.717, 1.165) is 51.5 Å². The molecule has 2 rings (SSSR count). The number of nitrogens with zero attached hydrogens (tertiary/aromatic N) is 1. The minimum atomic E-state index is -0.378. The maximum atomic E-state index is 12.4. The van der Waals surface area contributed by atoms with Crippen molar-refractivity contribution in [3.8, 4) is 0 Å². The van der Waals surface area contributed by atoms with Crippen LogP contribution in [0.5, 0.6) is 0 Å². The molecule has 1 aliphatic heterocycles. The molecule has 1 saturated carbocycles. The second kappa shape index (κ2) is 7.07. The van der Waals surface area contributed by atoms with E-state index in [1.807, 2.05) is 0 Å². The molecule has 114 valence electrons. The molecule has 0 aromatic carbocycles. The van der Waals surface area contributed by atoms with Crippen LogP contribution in [0.2, 0.25) is 0 Å². The first-order valence-electron chi connectivity index (χ1n) is 7.90. The fourth-order valence-corrected chi connectivity index (χ4v) is 3.56. The van der Waals surface area contributed by atoms with Gasteiger partial charge in [0.2, 0.25) is 11.8 Å². The predicted octanol–water partition coefficient (Wildman–Crippen LogP) is 1.01. The first-order valence-corrected chi connectivity index (χ1v) is 7.90. The van der Waals surface area contributed by atoms with Gasteiger partial charge in [-0.15, -0.1) is 0 Å². The Morgan fingerprint density at radius 1 is 1.00 bits per heavy atom. The largest absolute Gasteiger partial charge is 0.368 e. The van der Waals surface area contributed by atoms with Crippen LogP contribution in [0.15, 0.2) is 0 Å². The van der Waals surface area contributed by atoms with Crippen molar-refractivity contribution in [2.45, 2.75) is 57.4 Å². The van der Waals surface area contributed by atoms with Gasteiger partial charge < -0.3 is 16.4 Å². The molecule has 1 saturated heterocycles. The number of rotatable bonds is 4. The summed E-state index contributed by atoms with van der Waals surface area (Å²) in [6.07, 6.45) is 7.70. The van der Waals surface area contributed by atoms with Crippen LogP contribution in [0.1, 0.15) is 51.4 Å². The van der Waals surface area contributed by atoms with Crippen molar-refractivity contribution in [2.24, 2.45) is 23.3 Å². The average Bonchev–Trinajstić information content (AvgIpc) is 2.48. The molecule has 4 N–H and O–H groups in total. The highest BCUT2D eigenvalue weighted by Gasteiger charge is 2.32. The molecule has 1 heterocycles. The average molecular weight is 281 g/mol. The lowest BCUT2D eigenvalue weighted by Gasteiger charge is -2.35. The van der Waals surface area contributed by atoms with Gasteiger partial charge in [-0.05, 0) is 63.3 Å². The van der Waals surface area contributed by atoms with Crippen LogP contribution in [0.25, 0.3) is 0 Å². The Balaban J connectivity index is 1.86. The number of hydrogen-bond donors (Lipinski definition) is 2. The highest BCUT2D eigenvalue weighted by atomic mass is 16.2. The van der Waals surface area contributed by atoms with Gasteiger partial charge in [-0.25, -0.2) is 0 Å². The molecule has 2 aliphatic rings. The maximum Gasteiger partial charge on any atom is 0.240 e. The third kappa shape index (κ3) is 3.72. The Hall–Kier alpha value is -1.10. The molecule has 0 spiro atoms. The number of carbonyl (C=O) groups excluding carboxylic acids is 2. The van der Waals surface area contributed by atoms with Crippen LogP contribution in [-0.4, -0.2) is 35.8 Å². The number of piperidine rings is 1. The van der Waals surface area contributed by atoms with Crippen LogP contribution in [0.3, 0.4) is 0 Å². The number of hydrogen-bond acceptors (Lipinski definition) is 3. The molecule has 2 amide bonds. The molecule has 1 unspecified atom stereocenters. The van der Waals surface area contributed by atoms with Crippen LogP contribution in [-0.2, 0) is 9.59 Å². The van der Waals surface area contributed by atoms with Gasteiger partial charge in [0.1, 0.15) is 6.04 Å². The van der Waals surface area contributed by atoms with Crippen LogP contribution < -0.4 is 11.5 Å². The van der Waals surface area contributed by atoms with Crippen molar-refractivity contribution in [3.05, 3.63) is 0 Å². The molecular weight excluding hydrogens is 254 g/mol. The van der Waals surface area contributed by atoms with Crippen molar-refractivity contribution >= 4 is 11.8 Å². The van der Waals surface area contributed by atoms with E-state index in [1.54, 1.807) is 4.90 Å². The van der Waals surface area contributed by atoms with Crippen molar-refractivity contribution in [1.29, 1.82) is 0 Å². The molecule has 1 atom stereocenters. The summed E-state index contributed by atoms with van der Waals surface area (Å²) in [6.45, 7) is 1.45. The van der Waals surface area contributed by atoms with Gasteiger partial charge in [0.25, 0.3) is 0 Å². The van der Waals surface area contributed by atoms with Crippen molar-refractivity contribution < 1.29 is 9.59 Å². The molecule has 1 aliphatic carbocycles. The summed E-state index contributed by atoms with van der Waals surface area (Å²) in [6, 6.07) is -0.378. The standard InChI is InChI=1S/C15H27N3O2/c16-10-12-6-4-11(5-7-12)9-14(19)18-8-2-1-3-13(18)15(17)20/h11-13H,1-10,16H2,(H2,17,20). The van der Waals surface area contributed by atoms with Crippen molar-refractivity contribution in [1.82, 2.24) is 4.90 Å². The molecule has 20 heavy (non-hydrogen) atoms. The first-order chi connectivity index (χ1) is 9.61. The zero-order chi connectivity index (χ0) is 14.5. The zero-order valence-corrected chi connectivity index (χ0v) is 12.2. The number of carbonyl (C=O) groups is 2. The smallest absolute Gasteiger partial charge is 0.240 e. The predicted molar refractivity (Wildman–Crippen MR) is 77.7 cm³/mol. The third-order valence-electron chi connectivity index (χ3n) is 4.91. The second-order valence-electron chi connectivity index (χ2n) is 6.33. The van der Waals surface area contributed by atoms with Gasteiger partial charge in [0.05, 0.1) is 0 Å². The van der Waals surface area contributed by atoms with Gasteiger partial charge in [-0.1, -0.05) is 0 Å². The lowest BCUT2D eigenvalue weighted by Crippen LogP contribution is -2.50. The lowest BCUT2D eigenvalue weighted by atomic mass is 9.80. The van der Waals surface area contributed by atoms with E-state index in [0.29, 0.717) is 24.8 Å². The number of nitrogens with two attached hydrogens (primary N) is 2. The SMILES string of the molecule is NCC1CCC(CC(=O)N2CCCCC2C(N)=O)CC1. The van der Waals surface area contributed by atoms with E-state index in [2.05, 4.69) is 0 Å². The van der Waals surface area contributed by atoms with Crippen LogP contribution in [0.4, 0.5) is 0 Å². The molecule has 0 aromatic rings. The van der Waals surface area contributed by atoms with Gasteiger partial charge in [-0.3, -0.25) is 9.59 Å². The minimum Gasteiger partial charge on any atom is -0.368 e. The minimum absolute atomic E-state index is 0.115. The summed E-state index contributed by atoms with van der Waals surface area (Å²) in [5, 5.41) is 0. The van der Waals surface area contributed by atoms with E-state index in [1.165, 1.54) is 0 Å². The Morgan fingerprint density at radius 3 is 2.25 bits per heavy atom. The van der Waals surface area contributed by atoms with E-state index in [9.17, 15) is 9.59 Å². The van der Waals surface area contributed by atoms with Gasteiger partial charge in [0.15, 0.2) is 0 Å². The first kappa shape index (κ1) is 15.3. The molecule has 0 aromatic heterocycles. The molecule has 5 nitrogen and oxygen atoms in total. The zero-order valence-electron chi connectivity index (χ0n) is 12.2. The summed E-state index contributed by atoms with van der Waals surface area (Å²) >= 11 is 0. The number of amides is 2. The number of likely N-dealkylation sites (tertiary alicyclic amines) is 1. The highest BCUT2D eigenvalue weighted by molar-refractivity contribution is 5.86. The van der Waals surface area contributed by atoms with Crippen LogP contribution >= 0.6 is 0 Å². The maximum absolute atomic E-state index is 12.4. The van der Waals surface area contributed by atoms with E-state index in [-0.39, 0.29) is 17.9 Å². The summed E-state index contributed by atoms with van der Waals surface area (Å²) < 4.78 is 0. The highest BCUT2D eigenvalue weighted by Crippen LogP contribution is 2.31. The van der Waals surface area contributed by atoms with E-state index in [4.69, 9.17) is 11.5 Å². The fourth-order valence-electron chi connectivity index (χ4n) is 3.56.